The van der Waals surface area contributed by atoms with Crippen LogP contribution in [0.2, 0.25) is 0 Å². The normalized spacial score (nSPS) is 17.8. The Hall–Kier alpha value is -3.73. The van der Waals surface area contributed by atoms with Crippen molar-refractivity contribution in [2.75, 3.05) is 20.3 Å². The number of hydrogen-bond acceptors (Lipinski definition) is 7. The van der Waals surface area contributed by atoms with E-state index in [0.29, 0.717) is 13.2 Å². The van der Waals surface area contributed by atoms with Crippen molar-refractivity contribution in [3.05, 3.63) is 63.1 Å². The molecule has 1 fully saturated rings. The second kappa shape index (κ2) is 11.5. The molecule has 0 spiro atoms. The first-order valence-electron chi connectivity index (χ1n) is 12.5. The lowest BCUT2D eigenvalue weighted by Crippen LogP contribution is -2.49. The lowest BCUT2D eigenvalue weighted by molar-refractivity contribution is -0.155. The SMILES string of the molecule is COCCn1cnc2c1c(=O)n(CC(=O)OCC(=O)N1[C@H](C)CCC[C@@H]1C)c(=O)n2Cc1ccccc1. The van der Waals surface area contributed by atoms with Gasteiger partial charge in [0.1, 0.15) is 6.54 Å². The van der Waals surface area contributed by atoms with Crippen molar-refractivity contribution in [2.24, 2.45) is 0 Å². The third-order valence-corrected chi connectivity index (χ3v) is 6.83. The zero-order valence-electron chi connectivity index (χ0n) is 21.5. The zero-order valence-corrected chi connectivity index (χ0v) is 21.5. The summed E-state index contributed by atoms with van der Waals surface area (Å²) < 4.78 is 14.2. The number of likely N-dealkylation sites (tertiary alicyclic amines) is 1. The van der Waals surface area contributed by atoms with E-state index in [1.807, 2.05) is 44.2 Å². The van der Waals surface area contributed by atoms with Crippen LogP contribution in [0.25, 0.3) is 11.2 Å². The summed E-state index contributed by atoms with van der Waals surface area (Å²) in [5, 5.41) is 0. The summed E-state index contributed by atoms with van der Waals surface area (Å²) in [6, 6.07) is 9.42. The Kier molecular flexibility index (Phi) is 8.22. The number of fused-ring (bicyclic) bond motifs is 1. The summed E-state index contributed by atoms with van der Waals surface area (Å²) in [4.78, 5) is 58.3. The average Bonchev–Trinajstić information content (AvgIpc) is 3.31. The summed E-state index contributed by atoms with van der Waals surface area (Å²) in [5.74, 6) is -1.12. The van der Waals surface area contributed by atoms with Gasteiger partial charge in [0.15, 0.2) is 17.8 Å². The first-order valence-corrected chi connectivity index (χ1v) is 12.5. The van der Waals surface area contributed by atoms with Gasteiger partial charge in [-0.15, -0.1) is 0 Å². The van der Waals surface area contributed by atoms with Crippen LogP contribution in [0, 0.1) is 0 Å². The van der Waals surface area contributed by atoms with Gasteiger partial charge in [0.2, 0.25) is 0 Å². The number of carbonyl (C=O) groups excluding carboxylic acids is 2. The topological polar surface area (TPSA) is 118 Å². The third kappa shape index (κ3) is 5.66. The minimum atomic E-state index is -0.835. The van der Waals surface area contributed by atoms with Crippen molar-refractivity contribution in [3.8, 4) is 0 Å². The molecule has 0 saturated carbocycles. The molecule has 1 aliphatic rings. The molecule has 4 rings (SSSR count). The van der Waals surface area contributed by atoms with Crippen molar-refractivity contribution in [3.63, 3.8) is 0 Å². The van der Waals surface area contributed by atoms with Crippen LogP contribution >= 0.6 is 0 Å². The van der Waals surface area contributed by atoms with Crippen LogP contribution in [-0.2, 0) is 38.7 Å². The molecule has 0 bridgehead atoms. The molecule has 37 heavy (non-hydrogen) atoms. The molecule has 1 saturated heterocycles. The maximum absolute atomic E-state index is 13.4. The lowest BCUT2D eigenvalue weighted by Gasteiger charge is -2.38. The fourth-order valence-corrected chi connectivity index (χ4v) is 4.95. The van der Waals surface area contributed by atoms with Gasteiger partial charge >= 0.3 is 11.7 Å². The molecular weight excluding hydrogens is 478 g/mol. The standard InChI is InChI=1S/C26H33N5O6/c1-18-8-7-9-19(2)31(18)21(32)16-37-22(33)15-30-25(34)23-24(27-17-28(23)12-13-36-3)29(26(30)35)14-20-10-5-4-6-11-20/h4-6,10-11,17-19H,7-9,12-16H2,1-3H3/t18-,19+. The van der Waals surface area contributed by atoms with Gasteiger partial charge in [0.05, 0.1) is 19.5 Å². The van der Waals surface area contributed by atoms with E-state index in [1.54, 1.807) is 16.6 Å². The number of imidazole rings is 1. The van der Waals surface area contributed by atoms with Crippen LogP contribution in [0.4, 0.5) is 0 Å². The molecule has 3 aromatic rings. The van der Waals surface area contributed by atoms with Gasteiger partial charge in [0, 0.05) is 25.7 Å². The number of ether oxygens (including phenoxy) is 2. The number of esters is 1. The van der Waals surface area contributed by atoms with E-state index in [-0.39, 0.29) is 35.7 Å². The fraction of sp³-hybridized carbons (Fsp3) is 0.500. The van der Waals surface area contributed by atoms with Crippen molar-refractivity contribution in [1.29, 1.82) is 0 Å². The first kappa shape index (κ1) is 26.3. The van der Waals surface area contributed by atoms with Gasteiger partial charge in [-0.3, -0.25) is 19.0 Å². The number of benzene rings is 1. The van der Waals surface area contributed by atoms with Crippen molar-refractivity contribution >= 4 is 23.0 Å². The predicted molar refractivity (Wildman–Crippen MR) is 136 cm³/mol. The largest absolute Gasteiger partial charge is 0.454 e. The molecule has 2 aromatic heterocycles. The quantitative estimate of drug-likeness (QED) is 0.399. The number of methoxy groups -OCH3 is 1. The second-order valence-electron chi connectivity index (χ2n) is 9.44. The van der Waals surface area contributed by atoms with Gasteiger partial charge in [-0.25, -0.2) is 14.3 Å². The highest BCUT2D eigenvalue weighted by Gasteiger charge is 2.29. The maximum Gasteiger partial charge on any atom is 0.333 e. The molecule has 3 heterocycles. The number of amides is 1. The predicted octanol–water partition coefficient (Wildman–Crippen LogP) is 1.39. The molecule has 11 heteroatoms. The smallest absolute Gasteiger partial charge is 0.333 e. The molecule has 1 aliphatic heterocycles. The van der Waals surface area contributed by atoms with Gasteiger partial charge in [0.25, 0.3) is 11.5 Å². The van der Waals surface area contributed by atoms with Gasteiger partial charge in [-0.2, -0.15) is 0 Å². The first-order chi connectivity index (χ1) is 17.8. The van der Waals surface area contributed by atoms with E-state index in [9.17, 15) is 19.2 Å². The summed E-state index contributed by atoms with van der Waals surface area (Å²) in [5.41, 5.74) is -0.0879. The van der Waals surface area contributed by atoms with Crippen LogP contribution < -0.4 is 11.2 Å². The monoisotopic (exact) mass is 511 g/mol. The summed E-state index contributed by atoms with van der Waals surface area (Å²) >= 11 is 0. The average molecular weight is 512 g/mol. The number of hydrogen-bond donors (Lipinski definition) is 0. The summed E-state index contributed by atoms with van der Waals surface area (Å²) in [7, 11) is 1.55. The number of carbonyl (C=O) groups is 2. The Labute approximate surface area is 214 Å². The molecule has 11 nitrogen and oxygen atoms in total. The maximum atomic E-state index is 13.4. The molecule has 0 N–H and O–H groups in total. The van der Waals surface area contributed by atoms with E-state index >= 15 is 0 Å². The highest BCUT2D eigenvalue weighted by molar-refractivity contribution is 5.81. The van der Waals surface area contributed by atoms with Crippen molar-refractivity contribution < 1.29 is 19.1 Å². The molecule has 1 amide bonds. The van der Waals surface area contributed by atoms with Crippen LogP contribution in [0.15, 0.2) is 46.2 Å². The minimum Gasteiger partial charge on any atom is -0.454 e. The van der Waals surface area contributed by atoms with Crippen molar-refractivity contribution in [2.45, 2.75) is 64.8 Å². The van der Waals surface area contributed by atoms with Crippen LogP contribution in [0.5, 0.6) is 0 Å². The molecule has 2 atom stereocenters. The summed E-state index contributed by atoms with van der Waals surface area (Å²) in [6.07, 6.45) is 4.33. The molecule has 1 aromatic carbocycles. The van der Waals surface area contributed by atoms with E-state index in [0.717, 1.165) is 29.4 Å². The van der Waals surface area contributed by atoms with Gasteiger partial charge < -0.3 is 18.9 Å². The lowest BCUT2D eigenvalue weighted by atomic mass is 9.97. The molecular formula is C26H33N5O6. The fourth-order valence-electron chi connectivity index (χ4n) is 4.95. The Morgan fingerprint density at radius 2 is 1.76 bits per heavy atom. The summed E-state index contributed by atoms with van der Waals surface area (Å²) in [6.45, 7) is 3.75. The highest BCUT2D eigenvalue weighted by Crippen LogP contribution is 2.22. The molecule has 0 aliphatic carbocycles. The van der Waals surface area contributed by atoms with Gasteiger partial charge in [-0.05, 0) is 38.7 Å². The minimum absolute atomic E-state index is 0.0672. The van der Waals surface area contributed by atoms with Crippen LogP contribution in [0.3, 0.4) is 0 Å². The van der Waals surface area contributed by atoms with E-state index in [1.165, 1.54) is 10.9 Å². The Morgan fingerprint density at radius 3 is 2.43 bits per heavy atom. The van der Waals surface area contributed by atoms with Crippen LogP contribution in [-0.4, -0.2) is 67.9 Å². The van der Waals surface area contributed by atoms with E-state index in [2.05, 4.69) is 4.98 Å². The van der Waals surface area contributed by atoms with E-state index in [4.69, 9.17) is 9.47 Å². The Balaban J connectivity index is 1.61. The zero-order chi connectivity index (χ0) is 26.5. The molecule has 198 valence electrons. The number of aromatic nitrogens is 4. The van der Waals surface area contributed by atoms with Gasteiger partial charge in [-0.1, -0.05) is 30.3 Å². The van der Waals surface area contributed by atoms with E-state index < -0.39 is 30.4 Å². The molecule has 0 radical (unpaired) electrons. The Bertz CT molecular complexity index is 1370. The highest BCUT2D eigenvalue weighted by atomic mass is 16.5. The number of nitrogens with zero attached hydrogens (tertiary/aromatic N) is 5. The number of rotatable bonds is 9. The van der Waals surface area contributed by atoms with Crippen molar-refractivity contribution in [1.82, 2.24) is 23.6 Å². The number of piperidine rings is 1. The molecule has 0 unspecified atom stereocenters. The second-order valence-corrected chi connectivity index (χ2v) is 9.44. The third-order valence-electron chi connectivity index (χ3n) is 6.83. The van der Waals surface area contributed by atoms with Crippen LogP contribution in [0.1, 0.15) is 38.7 Å². The Morgan fingerprint density at radius 1 is 1.05 bits per heavy atom.